The topological polar surface area (TPSA) is 18.5 Å². The first kappa shape index (κ1) is 12.0. The summed E-state index contributed by atoms with van der Waals surface area (Å²) in [5.74, 6) is 1.77. The molecule has 2 aromatic carbocycles. The van der Waals surface area contributed by atoms with Gasteiger partial charge in [0.2, 0.25) is 0 Å². The van der Waals surface area contributed by atoms with Gasteiger partial charge < -0.3 is 9.47 Å². The summed E-state index contributed by atoms with van der Waals surface area (Å²) in [6.45, 7) is 4.85. The molecule has 0 saturated carbocycles. The lowest BCUT2D eigenvalue weighted by Gasteiger charge is -2.18. The minimum absolute atomic E-state index is 0.499. The summed E-state index contributed by atoms with van der Waals surface area (Å²) in [5.41, 5.74) is 1.20. The number of benzene rings is 2. The quantitative estimate of drug-likeness (QED) is 0.587. The molecule has 0 fully saturated rings. The first-order chi connectivity index (χ1) is 9.38. The average molecular weight is 252 g/mol. The van der Waals surface area contributed by atoms with Gasteiger partial charge in [-0.15, -0.1) is 6.58 Å². The molecule has 19 heavy (non-hydrogen) atoms. The summed E-state index contributed by atoms with van der Waals surface area (Å²) in [6.07, 6.45) is 4.77. The van der Waals surface area contributed by atoms with Crippen molar-refractivity contribution in [1.29, 1.82) is 0 Å². The van der Waals surface area contributed by atoms with Gasteiger partial charge in [0.15, 0.2) is 0 Å². The van der Waals surface area contributed by atoms with Gasteiger partial charge in [-0.1, -0.05) is 36.4 Å². The van der Waals surface area contributed by atoms with Gasteiger partial charge in [0.25, 0.3) is 0 Å². The standard InChI is InChI=1S/C17H16O2/c1-2-3-10-18-12-15-11-14-8-4-6-13-7-5-9-16(19-15)17(13)14/h2,4-9,11H,1,3,10,12H2. The largest absolute Gasteiger partial charge is 0.459 e. The van der Waals surface area contributed by atoms with Crippen LogP contribution in [0.1, 0.15) is 12.0 Å². The zero-order valence-electron chi connectivity index (χ0n) is 10.8. The number of rotatable bonds is 5. The molecular formula is C17H16O2. The molecule has 96 valence electrons. The summed E-state index contributed by atoms with van der Waals surface area (Å²) in [4.78, 5) is 0. The molecule has 2 heteroatoms. The Labute approximate surface area is 113 Å². The highest BCUT2D eigenvalue weighted by atomic mass is 16.5. The van der Waals surface area contributed by atoms with Crippen molar-refractivity contribution in [1.82, 2.24) is 0 Å². The summed E-state index contributed by atoms with van der Waals surface area (Å²) in [6, 6.07) is 12.4. The summed E-state index contributed by atoms with van der Waals surface area (Å²) >= 11 is 0. The van der Waals surface area contributed by atoms with Gasteiger partial charge >= 0.3 is 0 Å². The fraction of sp³-hybridized carbons (Fsp3) is 0.176. The third kappa shape index (κ3) is 2.40. The fourth-order valence-electron chi connectivity index (χ4n) is 2.29. The third-order valence-corrected chi connectivity index (χ3v) is 3.17. The maximum Gasteiger partial charge on any atom is 0.135 e. The van der Waals surface area contributed by atoms with E-state index >= 15 is 0 Å². The van der Waals surface area contributed by atoms with Crippen molar-refractivity contribution in [3.05, 3.63) is 60.4 Å². The Morgan fingerprint density at radius 2 is 2.00 bits per heavy atom. The molecule has 1 heterocycles. The van der Waals surface area contributed by atoms with Gasteiger partial charge in [-0.2, -0.15) is 0 Å². The van der Waals surface area contributed by atoms with E-state index in [9.17, 15) is 0 Å². The summed E-state index contributed by atoms with van der Waals surface area (Å²) < 4.78 is 11.5. The van der Waals surface area contributed by atoms with Crippen LogP contribution in [0.15, 0.2) is 54.8 Å². The van der Waals surface area contributed by atoms with Crippen LogP contribution in [0.4, 0.5) is 0 Å². The van der Waals surface area contributed by atoms with Gasteiger partial charge in [0, 0.05) is 5.39 Å². The van der Waals surface area contributed by atoms with E-state index in [4.69, 9.17) is 9.47 Å². The molecule has 2 aromatic rings. The van der Waals surface area contributed by atoms with Gasteiger partial charge in [0.1, 0.15) is 18.1 Å². The van der Waals surface area contributed by atoms with Crippen molar-refractivity contribution in [3.63, 3.8) is 0 Å². The summed E-state index contributed by atoms with van der Waals surface area (Å²) in [5, 5.41) is 2.39. The second kappa shape index (κ2) is 5.29. The molecule has 0 spiro atoms. The van der Waals surface area contributed by atoms with Crippen molar-refractivity contribution in [2.75, 3.05) is 13.2 Å². The zero-order chi connectivity index (χ0) is 13.1. The lowest BCUT2D eigenvalue weighted by molar-refractivity contribution is 0.137. The molecule has 2 nitrogen and oxygen atoms in total. The molecule has 0 N–H and O–H groups in total. The summed E-state index contributed by atoms with van der Waals surface area (Å²) in [7, 11) is 0. The van der Waals surface area contributed by atoms with Gasteiger partial charge in [-0.05, 0) is 29.5 Å². The minimum atomic E-state index is 0.499. The highest BCUT2D eigenvalue weighted by molar-refractivity contribution is 5.97. The Hall–Kier alpha value is -2.06. The molecule has 0 amide bonds. The van der Waals surface area contributed by atoms with Crippen LogP contribution in [0.3, 0.4) is 0 Å². The van der Waals surface area contributed by atoms with E-state index in [0.717, 1.165) is 17.9 Å². The van der Waals surface area contributed by atoms with Crippen LogP contribution < -0.4 is 4.74 Å². The van der Waals surface area contributed by atoms with Gasteiger partial charge in [-0.3, -0.25) is 0 Å². The molecular weight excluding hydrogens is 236 g/mol. The molecule has 0 bridgehead atoms. The maximum atomic E-state index is 5.89. The molecule has 1 aliphatic rings. The highest BCUT2D eigenvalue weighted by Crippen LogP contribution is 2.35. The molecule has 3 rings (SSSR count). The Kier molecular flexibility index (Phi) is 3.34. The normalized spacial score (nSPS) is 12.9. The van der Waals surface area contributed by atoms with E-state index in [2.05, 4.69) is 36.9 Å². The van der Waals surface area contributed by atoms with Crippen molar-refractivity contribution in [2.24, 2.45) is 0 Å². The van der Waals surface area contributed by atoms with Crippen molar-refractivity contribution >= 4 is 16.8 Å². The SMILES string of the molecule is C=CCCOCC1=Cc2cccc3cccc(c23)O1. The van der Waals surface area contributed by atoms with Crippen LogP contribution >= 0.6 is 0 Å². The molecule has 0 atom stereocenters. The lowest BCUT2D eigenvalue weighted by Crippen LogP contribution is -2.08. The van der Waals surface area contributed by atoms with E-state index in [1.54, 1.807) is 0 Å². The predicted octanol–water partition coefficient (Wildman–Crippen LogP) is 4.17. The molecule has 0 unspecified atom stereocenters. The van der Waals surface area contributed by atoms with Crippen LogP contribution in [0.5, 0.6) is 5.75 Å². The predicted molar refractivity (Wildman–Crippen MR) is 78.2 cm³/mol. The van der Waals surface area contributed by atoms with Crippen molar-refractivity contribution in [3.8, 4) is 5.75 Å². The molecule has 0 aliphatic carbocycles. The molecule has 0 radical (unpaired) electrons. The van der Waals surface area contributed by atoms with E-state index < -0.39 is 0 Å². The Morgan fingerprint density at radius 1 is 1.16 bits per heavy atom. The maximum absolute atomic E-state index is 5.89. The van der Waals surface area contributed by atoms with E-state index in [-0.39, 0.29) is 0 Å². The first-order valence-corrected chi connectivity index (χ1v) is 6.47. The molecule has 0 saturated heterocycles. The second-order valence-electron chi connectivity index (χ2n) is 4.54. The average Bonchev–Trinajstić information content (AvgIpc) is 2.44. The molecule has 0 aromatic heterocycles. The Balaban J connectivity index is 1.86. The Bertz CT molecular complexity index is 636. The Morgan fingerprint density at radius 3 is 2.84 bits per heavy atom. The van der Waals surface area contributed by atoms with Crippen LogP contribution in [-0.4, -0.2) is 13.2 Å². The minimum Gasteiger partial charge on any atom is -0.459 e. The van der Waals surface area contributed by atoms with Crippen LogP contribution in [0.25, 0.3) is 16.8 Å². The van der Waals surface area contributed by atoms with Crippen molar-refractivity contribution in [2.45, 2.75) is 6.42 Å². The number of hydrogen-bond acceptors (Lipinski definition) is 2. The monoisotopic (exact) mass is 252 g/mol. The second-order valence-corrected chi connectivity index (χ2v) is 4.54. The van der Waals surface area contributed by atoms with Crippen LogP contribution in [0.2, 0.25) is 0 Å². The lowest BCUT2D eigenvalue weighted by atomic mass is 10.0. The van der Waals surface area contributed by atoms with E-state index in [1.165, 1.54) is 16.3 Å². The fourth-order valence-corrected chi connectivity index (χ4v) is 2.29. The molecule has 1 aliphatic heterocycles. The highest BCUT2D eigenvalue weighted by Gasteiger charge is 2.14. The van der Waals surface area contributed by atoms with Crippen LogP contribution in [0, 0.1) is 0 Å². The van der Waals surface area contributed by atoms with E-state index in [1.807, 2.05) is 18.2 Å². The van der Waals surface area contributed by atoms with Gasteiger partial charge in [0.05, 0.1) is 6.61 Å². The first-order valence-electron chi connectivity index (χ1n) is 6.47. The number of hydrogen-bond donors (Lipinski definition) is 0. The number of ether oxygens (including phenoxy) is 2. The third-order valence-electron chi connectivity index (χ3n) is 3.17. The van der Waals surface area contributed by atoms with E-state index in [0.29, 0.717) is 13.2 Å². The van der Waals surface area contributed by atoms with Crippen molar-refractivity contribution < 1.29 is 9.47 Å². The van der Waals surface area contributed by atoms with Crippen LogP contribution in [-0.2, 0) is 4.74 Å². The smallest absolute Gasteiger partial charge is 0.135 e. The van der Waals surface area contributed by atoms with Gasteiger partial charge in [-0.25, -0.2) is 0 Å². The zero-order valence-corrected chi connectivity index (χ0v) is 10.8.